The number of aliphatic carboxylic acids is 1. The normalized spacial score (nSPS) is 10.9. The Balaban J connectivity index is 1.79. The Morgan fingerprint density at radius 1 is 1.11 bits per heavy atom. The lowest BCUT2D eigenvalue weighted by Gasteiger charge is -2.14. The fourth-order valence-corrected chi connectivity index (χ4v) is 3.18. The van der Waals surface area contributed by atoms with Crippen LogP contribution in [0.2, 0.25) is 5.02 Å². The summed E-state index contributed by atoms with van der Waals surface area (Å²) in [7, 11) is 0. The number of carboxylic acid groups (broad SMARTS) is 1. The predicted molar refractivity (Wildman–Crippen MR) is 108 cm³/mol. The molecule has 0 aliphatic heterocycles. The molecule has 28 heavy (non-hydrogen) atoms. The highest BCUT2D eigenvalue weighted by Crippen LogP contribution is 2.30. The van der Waals surface area contributed by atoms with Crippen LogP contribution < -0.4 is 4.74 Å². The van der Waals surface area contributed by atoms with Crippen molar-refractivity contribution in [3.8, 4) is 17.1 Å². The van der Waals surface area contributed by atoms with Gasteiger partial charge in [0.1, 0.15) is 12.4 Å². The molecule has 6 heteroatoms. The molecule has 0 saturated carbocycles. The Morgan fingerprint density at radius 2 is 1.82 bits per heavy atom. The van der Waals surface area contributed by atoms with Gasteiger partial charge in [0.15, 0.2) is 5.76 Å². The lowest BCUT2D eigenvalue weighted by Crippen LogP contribution is -2.03. The molecule has 2 aromatic carbocycles. The van der Waals surface area contributed by atoms with Gasteiger partial charge in [0.25, 0.3) is 0 Å². The van der Waals surface area contributed by atoms with E-state index in [1.54, 1.807) is 0 Å². The second kappa shape index (κ2) is 8.48. The first-order chi connectivity index (χ1) is 13.4. The standard InChI is InChI=1S/C22H22ClNO4/c1-13-14(2)20(10-6-16(13)7-11-21(25)26)27-12-19-15(3)24-28-22(19)17-4-8-18(23)9-5-17/h4-6,8-10H,7,11-12H2,1-3H3,(H,25,26). The van der Waals surface area contributed by atoms with Crippen molar-refractivity contribution in [3.05, 3.63) is 69.4 Å². The van der Waals surface area contributed by atoms with Gasteiger partial charge in [0.05, 0.1) is 11.3 Å². The third-order valence-corrected chi connectivity index (χ3v) is 5.17. The number of carboxylic acids is 1. The maximum absolute atomic E-state index is 10.8. The molecule has 0 atom stereocenters. The van der Waals surface area contributed by atoms with Crippen LogP contribution in [0.4, 0.5) is 0 Å². The highest BCUT2D eigenvalue weighted by molar-refractivity contribution is 6.30. The number of nitrogens with zero attached hydrogens (tertiary/aromatic N) is 1. The summed E-state index contributed by atoms with van der Waals surface area (Å²) < 4.78 is 11.6. The summed E-state index contributed by atoms with van der Waals surface area (Å²) >= 11 is 5.97. The first-order valence-corrected chi connectivity index (χ1v) is 9.39. The highest BCUT2D eigenvalue weighted by Gasteiger charge is 2.17. The smallest absolute Gasteiger partial charge is 0.303 e. The molecule has 0 spiro atoms. The van der Waals surface area contributed by atoms with Crippen LogP contribution >= 0.6 is 11.6 Å². The summed E-state index contributed by atoms with van der Waals surface area (Å²) in [5.41, 5.74) is 5.63. The summed E-state index contributed by atoms with van der Waals surface area (Å²) in [5, 5.41) is 13.6. The van der Waals surface area contributed by atoms with Gasteiger partial charge in [-0.05, 0) is 74.2 Å². The second-order valence-electron chi connectivity index (χ2n) is 6.74. The van der Waals surface area contributed by atoms with Gasteiger partial charge in [-0.2, -0.15) is 0 Å². The van der Waals surface area contributed by atoms with Crippen molar-refractivity contribution in [1.82, 2.24) is 5.16 Å². The molecular formula is C22H22ClNO4. The van der Waals surface area contributed by atoms with E-state index in [1.165, 1.54) is 0 Å². The van der Waals surface area contributed by atoms with Crippen LogP contribution in [0.1, 0.15) is 34.4 Å². The molecule has 0 aliphatic rings. The molecule has 1 N–H and O–H groups in total. The van der Waals surface area contributed by atoms with E-state index in [0.29, 0.717) is 23.8 Å². The molecule has 5 nitrogen and oxygen atoms in total. The number of ether oxygens (including phenoxy) is 1. The van der Waals surface area contributed by atoms with Crippen molar-refractivity contribution >= 4 is 17.6 Å². The monoisotopic (exact) mass is 399 g/mol. The minimum Gasteiger partial charge on any atom is -0.488 e. The van der Waals surface area contributed by atoms with E-state index in [4.69, 9.17) is 26.0 Å². The molecule has 0 unspecified atom stereocenters. The number of aryl methyl sites for hydroxylation is 2. The van der Waals surface area contributed by atoms with E-state index in [1.807, 2.05) is 57.2 Å². The molecule has 3 rings (SSSR count). The van der Waals surface area contributed by atoms with Gasteiger partial charge in [-0.3, -0.25) is 4.79 Å². The molecule has 0 bridgehead atoms. The van der Waals surface area contributed by atoms with Crippen LogP contribution in [0, 0.1) is 20.8 Å². The topological polar surface area (TPSA) is 72.6 Å². The van der Waals surface area contributed by atoms with Crippen LogP contribution in [0.25, 0.3) is 11.3 Å². The fourth-order valence-electron chi connectivity index (χ4n) is 3.06. The van der Waals surface area contributed by atoms with Gasteiger partial charge in [0, 0.05) is 17.0 Å². The zero-order valence-electron chi connectivity index (χ0n) is 16.1. The highest BCUT2D eigenvalue weighted by atomic mass is 35.5. The summed E-state index contributed by atoms with van der Waals surface area (Å²) in [4.78, 5) is 10.8. The number of benzene rings is 2. The van der Waals surface area contributed by atoms with Crippen LogP contribution in [-0.4, -0.2) is 16.2 Å². The van der Waals surface area contributed by atoms with Crippen molar-refractivity contribution in [2.75, 3.05) is 0 Å². The Kier molecular flexibility index (Phi) is 6.05. The predicted octanol–water partition coefficient (Wildman–Crippen LogP) is 5.52. The number of halogens is 1. The number of aromatic nitrogens is 1. The molecule has 0 radical (unpaired) electrons. The fraction of sp³-hybridized carbons (Fsp3) is 0.273. The average molecular weight is 400 g/mol. The molecule has 0 fully saturated rings. The molecule has 3 aromatic rings. The van der Waals surface area contributed by atoms with E-state index >= 15 is 0 Å². The third kappa shape index (κ3) is 4.37. The van der Waals surface area contributed by atoms with E-state index in [2.05, 4.69) is 5.16 Å². The van der Waals surface area contributed by atoms with Gasteiger partial charge in [0.2, 0.25) is 0 Å². The van der Waals surface area contributed by atoms with Crippen molar-refractivity contribution in [2.45, 2.75) is 40.2 Å². The largest absolute Gasteiger partial charge is 0.488 e. The van der Waals surface area contributed by atoms with Crippen molar-refractivity contribution < 1.29 is 19.2 Å². The Hall–Kier alpha value is -2.79. The summed E-state index contributed by atoms with van der Waals surface area (Å²) in [6, 6.07) is 11.2. The van der Waals surface area contributed by atoms with Gasteiger partial charge in [-0.15, -0.1) is 0 Å². The molecule has 1 aromatic heterocycles. The van der Waals surface area contributed by atoms with E-state index in [0.717, 1.165) is 39.3 Å². The Bertz CT molecular complexity index is 993. The maximum atomic E-state index is 10.8. The minimum atomic E-state index is -0.796. The number of carbonyl (C=O) groups is 1. The third-order valence-electron chi connectivity index (χ3n) is 4.92. The molecule has 0 amide bonds. The van der Waals surface area contributed by atoms with Crippen molar-refractivity contribution in [3.63, 3.8) is 0 Å². The van der Waals surface area contributed by atoms with Gasteiger partial charge < -0.3 is 14.4 Å². The van der Waals surface area contributed by atoms with Gasteiger partial charge in [-0.1, -0.05) is 22.8 Å². The summed E-state index contributed by atoms with van der Waals surface area (Å²) in [5.74, 6) is 0.635. The molecular weight excluding hydrogens is 378 g/mol. The summed E-state index contributed by atoms with van der Waals surface area (Å²) in [6.07, 6.45) is 0.624. The zero-order chi connectivity index (χ0) is 20.3. The zero-order valence-corrected chi connectivity index (χ0v) is 16.8. The minimum absolute atomic E-state index is 0.116. The molecule has 0 aliphatic carbocycles. The number of rotatable bonds is 7. The Morgan fingerprint density at radius 3 is 2.50 bits per heavy atom. The average Bonchev–Trinajstić information content (AvgIpc) is 3.03. The Labute approximate surface area is 168 Å². The first-order valence-electron chi connectivity index (χ1n) is 9.01. The molecule has 0 saturated heterocycles. The SMILES string of the molecule is Cc1noc(-c2ccc(Cl)cc2)c1COc1ccc(CCC(=O)O)c(C)c1C. The number of hydrogen-bond acceptors (Lipinski definition) is 4. The first kappa shape index (κ1) is 20.0. The maximum Gasteiger partial charge on any atom is 0.303 e. The van der Waals surface area contributed by atoms with E-state index in [-0.39, 0.29) is 6.42 Å². The van der Waals surface area contributed by atoms with Gasteiger partial charge in [-0.25, -0.2) is 0 Å². The quantitative estimate of drug-likeness (QED) is 0.566. The number of hydrogen-bond donors (Lipinski definition) is 1. The van der Waals surface area contributed by atoms with E-state index in [9.17, 15) is 4.79 Å². The van der Waals surface area contributed by atoms with Crippen LogP contribution in [0.3, 0.4) is 0 Å². The summed E-state index contributed by atoms with van der Waals surface area (Å²) in [6.45, 7) is 6.18. The lowest BCUT2D eigenvalue weighted by atomic mass is 9.99. The van der Waals surface area contributed by atoms with Crippen LogP contribution in [0.5, 0.6) is 5.75 Å². The molecule has 146 valence electrons. The second-order valence-corrected chi connectivity index (χ2v) is 7.17. The van der Waals surface area contributed by atoms with Crippen LogP contribution in [-0.2, 0) is 17.8 Å². The van der Waals surface area contributed by atoms with Crippen LogP contribution in [0.15, 0.2) is 40.9 Å². The van der Waals surface area contributed by atoms with E-state index < -0.39 is 5.97 Å². The molecule has 1 heterocycles. The lowest BCUT2D eigenvalue weighted by molar-refractivity contribution is -0.136. The van der Waals surface area contributed by atoms with Crippen molar-refractivity contribution in [2.24, 2.45) is 0 Å². The van der Waals surface area contributed by atoms with Gasteiger partial charge >= 0.3 is 5.97 Å². The van der Waals surface area contributed by atoms with Crippen molar-refractivity contribution in [1.29, 1.82) is 0 Å².